The van der Waals surface area contributed by atoms with Crippen molar-refractivity contribution in [3.63, 3.8) is 0 Å². The molecule has 0 saturated carbocycles. The van der Waals surface area contributed by atoms with E-state index in [-0.39, 0.29) is 12.5 Å². The van der Waals surface area contributed by atoms with Crippen LogP contribution in [-0.4, -0.2) is 15.8 Å². The molecule has 0 aliphatic rings. The Kier molecular flexibility index (Phi) is 6.59. The molecule has 0 radical (unpaired) electrons. The number of aromatic nitrogens is 1. The van der Waals surface area contributed by atoms with E-state index in [1.54, 1.807) is 60.0 Å². The molecule has 0 fully saturated rings. The number of rotatable bonds is 8. The largest absolute Gasteiger partial charge is 0.489 e. The van der Waals surface area contributed by atoms with Crippen molar-refractivity contribution in [1.29, 1.82) is 5.26 Å². The van der Waals surface area contributed by atoms with Gasteiger partial charge in [-0.1, -0.05) is 24.3 Å². The monoisotopic (exact) mass is 423 g/mol. The molecule has 4 aromatic rings. The van der Waals surface area contributed by atoms with Crippen molar-refractivity contribution in [2.45, 2.75) is 19.7 Å². The van der Waals surface area contributed by atoms with Gasteiger partial charge in [-0.25, -0.2) is 0 Å². The number of carbonyl (C=O) groups is 1. The lowest BCUT2D eigenvalue weighted by atomic mass is 10.1. The van der Waals surface area contributed by atoms with Crippen LogP contribution in [0.2, 0.25) is 0 Å². The number of hydrogen-bond acceptors (Lipinski definition) is 5. The molecule has 2 aromatic carbocycles. The first-order valence-corrected chi connectivity index (χ1v) is 10.1. The maximum Gasteiger partial charge on any atom is 0.254 e. The summed E-state index contributed by atoms with van der Waals surface area (Å²) in [7, 11) is 0. The van der Waals surface area contributed by atoms with Crippen LogP contribution in [0.5, 0.6) is 5.75 Å². The molecular weight excluding hydrogens is 402 g/mol. The molecule has 4 rings (SSSR count). The van der Waals surface area contributed by atoms with Gasteiger partial charge >= 0.3 is 0 Å². The van der Waals surface area contributed by atoms with Crippen molar-refractivity contribution < 1.29 is 13.9 Å². The first-order chi connectivity index (χ1) is 15.7. The lowest BCUT2D eigenvalue weighted by molar-refractivity contribution is 0.0717. The molecule has 6 heteroatoms. The molecule has 0 atom stereocenters. The number of nitrogens with zero attached hydrogens (tertiary/aromatic N) is 3. The summed E-state index contributed by atoms with van der Waals surface area (Å²) in [6, 6.07) is 23.9. The number of nitriles is 1. The third-order valence-corrected chi connectivity index (χ3v) is 4.94. The summed E-state index contributed by atoms with van der Waals surface area (Å²) in [5.74, 6) is 1.21. The van der Waals surface area contributed by atoms with Crippen LogP contribution < -0.4 is 4.74 Å². The second-order valence-corrected chi connectivity index (χ2v) is 7.18. The number of pyridine rings is 1. The van der Waals surface area contributed by atoms with E-state index < -0.39 is 0 Å². The molecule has 0 N–H and O–H groups in total. The van der Waals surface area contributed by atoms with Crippen LogP contribution in [0.15, 0.2) is 95.9 Å². The average molecular weight is 423 g/mol. The summed E-state index contributed by atoms with van der Waals surface area (Å²) in [5.41, 5.74) is 2.88. The zero-order chi connectivity index (χ0) is 22.2. The normalized spacial score (nSPS) is 10.3. The highest BCUT2D eigenvalue weighted by atomic mass is 16.5. The quantitative estimate of drug-likeness (QED) is 0.400. The topological polar surface area (TPSA) is 79.4 Å². The molecule has 0 bridgehead atoms. The Morgan fingerprint density at radius 1 is 1.00 bits per heavy atom. The Balaban J connectivity index is 1.46. The maximum atomic E-state index is 13.2. The minimum Gasteiger partial charge on any atom is -0.489 e. The molecule has 1 amide bonds. The molecule has 0 spiro atoms. The van der Waals surface area contributed by atoms with E-state index in [0.29, 0.717) is 35.7 Å². The highest BCUT2D eigenvalue weighted by Crippen LogP contribution is 2.19. The molecule has 32 heavy (non-hydrogen) atoms. The Hall–Kier alpha value is -4.37. The van der Waals surface area contributed by atoms with Gasteiger partial charge in [0.1, 0.15) is 18.1 Å². The van der Waals surface area contributed by atoms with Crippen molar-refractivity contribution in [2.75, 3.05) is 0 Å². The molecule has 6 nitrogen and oxygen atoms in total. The van der Waals surface area contributed by atoms with Crippen molar-refractivity contribution >= 4 is 5.91 Å². The molecule has 0 aliphatic heterocycles. The summed E-state index contributed by atoms with van der Waals surface area (Å²) in [6.45, 7) is 1.04. The van der Waals surface area contributed by atoms with Gasteiger partial charge < -0.3 is 14.1 Å². The van der Waals surface area contributed by atoms with Gasteiger partial charge in [0.15, 0.2) is 0 Å². The Labute approximate surface area is 186 Å². The number of ether oxygens (including phenoxy) is 1. The van der Waals surface area contributed by atoms with Crippen LogP contribution in [0.4, 0.5) is 0 Å². The summed E-state index contributed by atoms with van der Waals surface area (Å²) in [5, 5.41) is 9.20. The van der Waals surface area contributed by atoms with Gasteiger partial charge in [0.25, 0.3) is 5.91 Å². The fourth-order valence-corrected chi connectivity index (χ4v) is 3.29. The first kappa shape index (κ1) is 20.9. The summed E-state index contributed by atoms with van der Waals surface area (Å²) in [6.07, 6.45) is 5.05. The average Bonchev–Trinajstić information content (AvgIpc) is 3.36. The van der Waals surface area contributed by atoms with Gasteiger partial charge in [-0.2, -0.15) is 5.26 Å². The van der Waals surface area contributed by atoms with E-state index in [2.05, 4.69) is 11.1 Å². The number of hydrogen-bond donors (Lipinski definition) is 0. The Bertz CT molecular complexity index is 1200. The molecule has 2 aromatic heterocycles. The van der Waals surface area contributed by atoms with Crippen molar-refractivity contribution in [3.05, 3.63) is 119 Å². The smallest absolute Gasteiger partial charge is 0.254 e. The molecule has 0 unspecified atom stereocenters. The molecule has 0 aliphatic carbocycles. The Morgan fingerprint density at radius 2 is 1.84 bits per heavy atom. The van der Waals surface area contributed by atoms with E-state index in [0.717, 1.165) is 11.1 Å². The van der Waals surface area contributed by atoms with Gasteiger partial charge in [-0.15, -0.1) is 0 Å². The minimum absolute atomic E-state index is 0.119. The standard InChI is InChI=1S/C26H21N3O3/c27-15-22-6-1-2-7-23(22)19-32-24-11-9-21(10-12-24)26(30)29(18-25-8-4-14-31-25)17-20-5-3-13-28-16-20/h1-14,16H,17-19H2. The van der Waals surface area contributed by atoms with E-state index >= 15 is 0 Å². The molecule has 0 saturated heterocycles. The SMILES string of the molecule is N#Cc1ccccc1COc1ccc(C(=O)N(Cc2cccnc2)Cc2ccco2)cc1. The van der Waals surface area contributed by atoms with Crippen LogP contribution >= 0.6 is 0 Å². The van der Waals surface area contributed by atoms with E-state index in [1.165, 1.54) is 0 Å². The molecule has 2 heterocycles. The third-order valence-electron chi connectivity index (χ3n) is 4.94. The van der Waals surface area contributed by atoms with Gasteiger partial charge in [-0.05, 0) is 54.1 Å². The number of amides is 1. The highest BCUT2D eigenvalue weighted by molar-refractivity contribution is 5.94. The summed E-state index contributed by atoms with van der Waals surface area (Å²) in [4.78, 5) is 19.1. The summed E-state index contributed by atoms with van der Waals surface area (Å²) >= 11 is 0. The minimum atomic E-state index is -0.119. The lowest BCUT2D eigenvalue weighted by Gasteiger charge is -2.22. The second-order valence-electron chi connectivity index (χ2n) is 7.18. The Morgan fingerprint density at radius 3 is 2.56 bits per heavy atom. The van der Waals surface area contributed by atoms with Crippen LogP contribution in [0, 0.1) is 11.3 Å². The van der Waals surface area contributed by atoms with Crippen molar-refractivity contribution in [3.8, 4) is 11.8 Å². The zero-order valence-electron chi connectivity index (χ0n) is 17.3. The van der Waals surface area contributed by atoms with Gasteiger partial charge in [-0.3, -0.25) is 9.78 Å². The van der Waals surface area contributed by atoms with Gasteiger partial charge in [0.05, 0.1) is 24.4 Å². The van der Waals surface area contributed by atoms with E-state index in [1.807, 2.05) is 36.4 Å². The number of furan rings is 1. The van der Waals surface area contributed by atoms with Crippen LogP contribution in [0.1, 0.15) is 32.8 Å². The number of benzene rings is 2. The zero-order valence-corrected chi connectivity index (χ0v) is 17.3. The number of carbonyl (C=O) groups excluding carboxylic acids is 1. The first-order valence-electron chi connectivity index (χ1n) is 10.1. The predicted octanol–water partition coefficient (Wildman–Crippen LogP) is 4.97. The highest BCUT2D eigenvalue weighted by Gasteiger charge is 2.18. The molecule has 158 valence electrons. The van der Waals surface area contributed by atoms with E-state index in [4.69, 9.17) is 9.15 Å². The fraction of sp³-hybridized carbons (Fsp3) is 0.115. The van der Waals surface area contributed by atoms with E-state index in [9.17, 15) is 10.1 Å². The van der Waals surface area contributed by atoms with Gasteiger partial charge in [0, 0.05) is 30.1 Å². The maximum absolute atomic E-state index is 13.2. The third kappa shape index (κ3) is 5.21. The van der Waals surface area contributed by atoms with Gasteiger partial charge in [0.2, 0.25) is 0 Å². The lowest BCUT2D eigenvalue weighted by Crippen LogP contribution is -2.30. The van der Waals surface area contributed by atoms with Crippen LogP contribution in [0.25, 0.3) is 0 Å². The summed E-state index contributed by atoms with van der Waals surface area (Å²) < 4.78 is 11.3. The van der Waals surface area contributed by atoms with Crippen LogP contribution in [-0.2, 0) is 19.7 Å². The van der Waals surface area contributed by atoms with Crippen molar-refractivity contribution in [2.24, 2.45) is 0 Å². The second kappa shape index (κ2) is 10.1. The fourth-order valence-electron chi connectivity index (χ4n) is 3.29. The molecular formula is C26H21N3O3. The predicted molar refractivity (Wildman–Crippen MR) is 118 cm³/mol. The van der Waals surface area contributed by atoms with Crippen molar-refractivity contribution in [1.82, 2.24) is 9.88 Å². The van der Waals surface area contributed by atoms with Crippen LogP contribution in [0.3, 0.4) is 0 Å².